The summed E-state index contributed by atoms with van der Waals surface area (Å²) < 4.78 is 5.07. The highest BCUT2D eigenvalue weighted by Gasteiger charge is 1.83. The van der Waals surface area contributed by atoms with Gasteiger partial charge in [0.1, 0.15) is 5.76 Å². The van der Waals surface area contributed by atoms with Crippen LogP contribution in [0.4, 0.5) is 0 Å². The Morgan fingerprint density at radius 2 is 2.07 bits per heavy atom. The molecule has 1 aromatic rings. The zero-order valence-corrected chi connectivity index (χ0v) is 9.42. The van der Waals surface area contributed by atoms with Crippen LogP contribution in [0.15, 0.2) is 28.9 Å². The van der Waals surface area contributed by atoms with E-state index < -0.39 is 0 Å². The van der Waals surface area contributed by atoms with E-state index in [9.17, 15) is 0 Å². The lowest BCUT2D eigenvalue weighted by molar-refractivity contribution is 0.557. The number of furan rings is 1. The number of unbranched alkanes of at least 4 members (excludes halogenated alkanes) is 1. The maximum absolute atomic E-state index is 5.07. The van der Waals surface area contributed by atoms with Crippen LogP contribution in [0.5, 0.6) is 0 Å². The Balaban J connectivity index is 0.000000364. The Kier molecular flexibility index (Phi) is 9.33. The Morgan fingerprint density at radius 1 is 1.36 bits per heavy atom. The van der Waals surface area contributed by atoms with E-state index in [0.717, 1.165) is 12.3 Å². The van der Waals surface area contributed by atoms with Crippen LogP contribution in [0, 0.1) is 0 Å². The van der Waals surface area contributed by atoms with Crippen molar-refractivity contribution in [2.75, 3.05) is 13.6 Å². The molecule has 0 atom stereocenters. The van der Waals surface area contributed by atoms with Gasteiger partial charge in [0.2, 0.25) is 0 Å². The van der Waals surface area contributed by atoms with Crippen molar-refractivity contribution in [1.29, 1.82) is 0 Å². The first-order valence-electron chi connectivity index (χ1n) is 5.19. The van der Waals surface area contributed by atoms with Crippen LogP contribution in [-0.2, 0) is 0 Å². The molecule has 1 N–H and O–H groups in total. The van der Waals surface area contributed by atoms with E-state index in [1.165, 1.54) is 12.8 Å². The second-order valence-electron chi connectivity index (χ2n) is 2.98. The summed E-state index contributed by atoms with van der Waals surface area (Å²) in [7, 11) is 1.91. The lowest BCUT2D eigenvalue weighted by Gasteiger charge is -1.85. The molecule has 0 spiro atoms. The molecular weight excluding hydrogens is 174 g/mol. The number of hydrogen-bond donors (Lipinski definition) is 1. The number of likely N-dealkylation sites (N-methyl/N-ethyl adjacent to an activating group) is 1. The lowest BCUT2D eigenvalue weighted by atomic mass is 10.4. The Labute approximate surface area is 87.0 Å². The summed E-state index contributed by atoms with van der Waals surface area (Å²) in [6.07, 6.45) is 8.26. The molecule has 0 bridgehead atoms. The van der Waals surface area contributed by atoms with E-state index in [1.807, 2.05) is 31.3 Å². The zero-order chi connectivity index (χ0) is 10.6. The van der Waals surface area contributed by atoms with E-state index in [4.69, 9.17) is 4.42 Å². The Morgan fingerprint density at radius 3 is 2.50 bits per heavy atom. The third kappa shape index (κ3) is 7.62. The fourth-order valence-corrected chi connectivity index (χ4v) is 0.679. The minimum Gasteiger partial charge on any atom is -0.465 e. The van der Waals surface area contributed by atoms with Crippen LogP contribution in [0.3, 0.4) is 0 Å². The van der Waals surface area contributed by atoms with Crippen molar-refractivity contribution in [3.63, 3.8) is 0 Å². The van der Waals surface area contributed by atoms with E-state index in [-0.39, 0.29) is 0 Å². The second-order valence-corrected chi connectivity index (χ2v) is 2.98. The van der Waals surface area contributed by atoms with Gasteiger partial charge in [-0.3, -0.25) is 0 Å². The molecule has 0 unspecified atom stereocenters. The van der Waals surface area contributed by atoms with Crippen molar-refractivity contribution in [1.82, 2.24) is 5.32 Å². The topological polar surface area (TPSA) is 25.2 Å². The standard InChI is InChI=1S/C8H11NO.C4H10/c1-9-6-2-4-8-5-3-7-10-8;1-3-4-2/h2-5,7,9H,6H2,1H3;3-4H2,1-2H3/b4-2+;. The molecule has 80 valence electrons. The van der Waals surface area contributed by atoms with Gasteiger partial charge >= 0.3 is 0 Å². The fraction of sp³-hybridized carbons (Fsp3) is 0.500. The summed E-state index contributed by atoms with van der Waals surface area (Å²) in [4.78, 5) is 0. The number of rotatable bonds is 4. The molecule has 0 saturated heterocycles. The predicted molar refractivity (Wildman–Crippen MR) is 62.3 cm³/mol. The van der Waals surface area contributed by atoms with Gasteiger partial charge < -0.3 is 9.73 Å². The monoisotopic (exact) mass is 195 g/mol. The first-order valence-corrected chi connectivity index (χ1v) is 5.19. The zero-order valence-electron chi connectivity index (χ0n) is 9.42. The molecule has 1 aromatic heterocycles. The SMILES string of the molecule is CCCC.CNC/C=C/c1ccco1. The summed E-state index contributed by atoms with van der Waals surface area (Å²) in [6.45, 7) is 5.24. The van der Waals surface area contributed by atoms with Crippen molar-refractivity contribution >= 4 is 6.08 Å². The minimum atomic E-state index is 0.876. The first kappa shape index (κ1) is 13.0. The van der Waals surface area contributed by atoms with E-state index in [0.29, 0.717) is 0 Å². The van der Waals surface area contributed by atoms with Gasteiger partial charge in [0.15, 0.2) is 0 Å². The number of hydrogen-bond acceptors (Lipinski definition) is 2. The molecule has 2 nitrogen and oxygen atoms in total. The smallest absolute Gasteiger partial charge is 0.126 e. The van der Waals surface area contributed by atoms with Gasteiger partial charge in [-0.25, -0.2) is 0 Å². The molecule has 1 rings (SSSR count). The molecule has 0 aromatic carbocycles. The van der Waals surface area contributed by atoms with Crippen LogP contribution >= 0.6 is 0 Å². The molecule has 0 fully saturated rings. The molecule has 14 heavy (non-hydrogen) atoms. The molecular formula is C12H21NO. The van der Waals surface area contributed by atoms with Gasteiger partial charge in [0, 0.05) is 6.54 Å². The maximum atomic E-state index is 5.07. The highest BCUT2D eigenvalue weighted by atomic mass is 16.3. The largest absolute Gasteiger partial charge is 0.465 e. The van der Waals surface area contributed by atoms with Gasteiger partial charge in [-0.05, 0) is 25.3 Å². The van der Waals surface area contributed by atoms with Crippen LogP contribution in [0.2, 0.25) is 0 Å². The van der Waals surface area contributed by atoms with E-state index in [1.54, 1.807) is 6.26 Å². The van der Waals surface area contributed by atoms with Crippen molar-refractivity contribution in [2.45, 2.75) is 26.7 Å². The molecule has 0 saturated carbocycles. The van der Waals surface area contributed by atoms with Crippen LogP contribution in [0.1, 0.15) is 32.4 Å². The highest BCUT2D eigenvalue weighted by molar-refractivity contribution is 5.42. The van der Waals surface area contributed by atoms with Crippen molar-refractivity contribution in [2.24, 2.45) is 0 Å². The number of nitrogens with one attached hydrogen (secondary N) is 1. The molecule has 2 heteroatoms. The molecule has 0 aliphatic heterocycles. The Bertz CT molecular complexity index is 212. The average Bonchev–Trinajstić information content (AvgIpc) is 2.72. The third-order valence-electron chi connectivity index (χ3n) is 1.65. The minimum absolute atomic E-state index is 0.876. The van der Waals surface area contributed by atoms with E-state index in [2.05, 4.69) is 19.2 Å². The van der Waals surface area contributed by atoms with Crippen LogP contribution < -0.4 is 5.32 Å². The van der Waals surface area contributed by atoms with Gasteiger partial charge in [0.25, 0.3) is 0 Å². The average molecular weight is 195 g/mol. The van der Waals surface area contributed by atoms with Crippen molar-refractivity contribution < 1.29 is 4.42 Å². The predicted octanol–water partition coefficient (Wildman–Crippen LogP) is 3.32. The third-order valence-corrected chi connectivity index (χ3v) is 1.65. The molecule has 0 amide bonds. The quantitative estimate of drug-likeness (QED) is 0.797. The summed E-state index contributed by atoms with van der Waals surface area (Å²) in [5.41, 5.74) is 0. The summed E-state index contributed by atoms with van der Waals surface area (Å²) >= 11 is 0. The normalized spacial score (nSPS) is 9.93. The summed E-state index contributed by atoms with van der Waals surface area (Å²) in [6, 6.07) is 3.80. The van der Waals surface area contributed by atoms with E-state index >= 15 is 0 Å². The van der Waals surface area contributed by atoms with Crippen LogP contribution in [0.25, 0.3) is 6.08 Å². The molecule has 0 radical (unpaired) electrons. The Hall–Kier alpha value is -1.02. The van der Waals surface area contributed by atoms with Gasteiger partial charge in [-0.15, -0.1) is 0 Å². The highest BCUT2D eigenvalue weighted by Crippen LogP contribution is 2.00. The second kappa shape index (κ2) is 10.1. The molecule has 1 heterocycles. The first-order chi connectivity index (χ1) is 6.85. The summed E-state index contributed by atoms with van der Waals surface area (Å²) in [5, 5.41) is 3.00. The molecule has 0 aliphatic rings. The van der Waals surface area contributed by atoms with Crippen molar-refractivity contribution in [3.8, 4) is 0 Å². The lowest BCUT2D eigenvalue weighted by Crippen LogP contribution is -2.03. The fourth-order valence-electron chi connectivity index (χ4n) is 0.679. The summed E-state index contributed by atoms with van der Waals surface area (Å²) in [5.74, 6) is 0.898. The maximum Gasteiger partial charge on any atom is 0.126 e. The van der Waals surface area contributed by atoms with Crippen molar-refractivity contribution in [3.05, 3.63) is 30.2 Å². The van der Waals surface area contributed by atoms with Gasteiger partial charge in [-0.2, -0.15) is 0 Å². The van der Waals surface area contributed by atoms with Gasteiger partial charge in [0.05, 0.1) is 6.26 Å². The molecule has 0 aliphatic carbocycles. The van der Waals surface area contributed by atoms with Crippen LogP contribution in [-0.4, -0.2) is 13.6 Å². The van der Waals surface area contributed by atoms with Gasteiger partial charge in [-0.1, -0.05) is 32.8 Å².